The monoisotopic (exact) mass is 269 g/mol. The van der Waals surface area contributed by atoms with E-state index in [1.165, 1.54) is 45.2 Å². The highest BCUT2D eigenvalue weighted by Crippen LogP contribution is 2.22. The van der Waals surface area contributed by atoms with Crippen molar-refractivity contribution in [3.63, 3.8) is 0 Å². The van der Waals surface area contributed by atoms with E-state index < -0.39 is 5.54 Å². The third-order valence-corrected chi connectivity index (χ3v) is 4.66. The lowest BCUT2D eigenvalue weighted by molar-refractivity contribution is -0.124. The normalized spacial score (nSPS) is 24.7. The quantitative estimate of drug-likeness (QED) is 0.740. The third-order valence-electron chi connectivity index (χ3n) is 4.66. The average molecular weight is 269 g/mol. The molecule has 1 fully saturated rings. The van der Waals surface area contributed by atoms with Crippen LogP contribution in [0.25, 0.3) is 0 Å². The predicted molar refractivity (Wildman–Crippen MR) is 80.0 cm³/mol. The fraction of sp³-hybridized carbons (Fsp3) is 0.933. The van der Waals surface area contributed by atoms with Crippen LogP contribution in [-0.2, 0) is 4.79 Å². The number of nitrogens with two attached hydrogens (primary N) is 1. The summed E-state index contributed by atoms with van der Waals surface area (Å²) < 4.78 is 0. The Balaban J connectivity index is 2.39. The van der Waals surface area contributed by atoms with Gasteiger partial charge in [-0.15, -0.1) is 0 Å². The van der Waals surface area contributed by atoms with E-state index in [4.69, 9.17) is 5.73 Å². The van der Waals surface area contributed by atoms with Gasteiger partial charge in [-0.25, -0.2) is 0 Å². The minimum absolute atomic E-state index is 0.256. The molecule has 19 heavy (non-hydrogen) atoms. The molecule has 0 aromatic carbocycles. The van der Waals surface area contributed by atoms with Crippen molar-refractivity contribution in [2.75, 3.05) is 26.7 Å². The number of nitrogens with one attached hydrogen (secondary N) is 1. The first-order valence-electron chi connectivity index (χ1n) is 7.73. The van der Waals surface area contributed by atoms with Gasteiger partial charge in [-0.1, -0.05) is 19.8 Å². The summed E-state index contributed by atoms with van der Waals surface area (Å²) in [5, 5.41) is 3.06. The summed E-state index contributed by atoms with van der Waals surface area (Å²) >= 11 is 0. The molecule has 0 spiro atoms. The summed E-state index contributed by atoms with van der Waals surface area (Å²) in [6, 6.07) is 0. The van der Waals surface area contributed by atoms with Gasteiger partial charge in [0, 0.05) is 6.54 Å². The van der Waals surface area contributed by atoms with E-state index in [2.05, 4.69) is 17.1 Å². The first kappa shape index (κ1) is 16.4. The highest BCUT2D eigenvalue weighted by molar-refractivity contribution is 5.84. The number of primary amides is 1. The molecule has 1 amide bonds. The van der Waals surface area contributed by atoms with Crippen LogP contribution in [-0.4, -0.2) is 43.0 Å². The molecule has 3 N–H and O–H groups in total. The van der Waals surface area contributed by atoms with Gasteiger partial charge < -0.3 is 16.0 Å². The highest BCUT2D eigenvalue weighted by Gasteiger charge is 2.29. The van der Waals surface area contributed by atoms with Crippen LogP contribution in [0.1, 0.15) is 52.4 Å². The second-order valence-electron chi connectivity index (χ2n) is 6.12. The van der Waals surface area contributed by atoms with Crippen molar-refractivity contribution in [3.05, 3.63) is 0 Å². The van der Waals surface area contributed by atoms with E-state index in [1.54, 1.807) is 0 Å². The molecule has 0 aromatic heterocycles. The number of carbonyl (C=O) groups is 1. The lowest BCUT2D eigenvalue weighted by Crippen LogP contribution is -2.53. The summed E-state index contributed by atoms with van der Waals surface area (Å²) in [6.07, 6.45) is 7.41. The number of nitrogens with zero attached hydrogens (tertiary/aromatic N) is 1. The van der Waals surface area contributed by atoms with Gasteiger partial charge in [0.1, 0.15) is 0 Å². The van der Waals surface area contributed by atoms with E-state index >= 15 is 0 Å². The van der Waals surface area contributed by atoms with E-state index in [1.807, 2.05) is 14.0 Å². The fourth-order valence-corrected chi connectivity index (χ4v) is 2.90. The van der Waals surface area contributed by atoms with Gasteiger partial charge in [-0.2, -0.15) is 0 Å². The molecule has 4 nitrogen and oxygen atoms in total. The van der Waals surface area contributed by atoms with Crippen molar-refractivity contribution in [1.29, 1.82) is 0 Å². The van der Waals surface area contributed by atoms with E-state index in [-0.39, 0.29) is 5.91 Å². The predicted octanol–water partition coefficient (Wildman–Crippen LogP) is 1.74. The van der Waals surface area contributed by atoms with Crippen molar-refractivity contribution >= 4 is 5.91 Å². The van der Waals surface area contributed by atoms with Crippen molar-refractivity contribution in [2.45, 2.75) is 57.9 Å². The van der Waals surface area contributed by atoms with Gasteiger partial charge in [0.15, 0.2) is 0 Å². The van der Waals surface area contributed by atoms with Gasteiger partial charge >= 0.3 is 0 Å². The smallest absolute Gasteiger partial charge is 0.237 e. The van der Waals surface area contributed by atoms with Crippen LogP contribution >= 0.6 is 0 Å². The van der Waals surface area contributed by atoms with Crippen LogP contribution in [0.2, 0.25) is 0 Å². The van der Waals surface area contributed by atoms with Gasteiger partial charge in [0.05, 0.1) is 5.54 Å². The SMILES string of the molecule is CCCC1CCCN(CCC(C)(NC)C(N)=O)CC1. The third kappa shape index (κ3) is 5.11. The minimum Gasteiger partial charge on any atom is -0.368 e. The average Bonchev–Trinajstić information content (AvgIpc) is 2.62. The van der Waals surface area contributed by atoms with E-state index in [9.17, 15) is 4.79 Å². The Labute approximate surface area is 118 Å². The summed E-state index contributed by atoms with van der Waals surface area (Å²) in [5.41, 5.74) is 4.90. The van der Waals surface area contributed by atoms with Crippen molar-refractivity contribution in [2.24, 2.45) is 11.7 Å². The molecule has 0 bridgehead atoms. The molecule has 112 valence electrons. The first-order chi connectivity index (χ1) is 9.01. The van der Waals surface area contributed by atoms with E-state index in [0.717, 1.165) is 18.9 Å². The molecule has 1 aliphatic heterocycles. The van der Waals surface area contributed by atoms with Crippen LogP contribution in [0.5, 0.6) is 0 Å². The Hall–Kier alpha value is -0.610. The number of carbonyl (C=O) groups excluding carboxylic acids is 1. The maximum Gasteiger partial charge on any atom is 0.237 e. The molecule has 1 saturated heterocycles. The van der Waals surface area contributed by atoms with Gasteiger partial charge in [0.25, 0.3) is 0 Å². The molecule has 1 aliphatic rings. The second-order valence-corrected chi connectivity index (χ2v) is 6.12. The van der Waals surface area contributed by atoms with E-state index in [0.29, 0.717) is 0 Å². The first-order valence-corrected chi connectivity index (χ1v) is 7.73. The molecule has 2 atom stereocenters. The van der Waals surface area contributed by atoms with Crippen molar-refractivity contribution < 1.29 is 4.79 Å². The molecule has 0 aliphatic carbocycles. The molecule has 0 aromatic rings. The van der Waals surface area contributed by atoms with Gasteiger partial charge in [-0.3, -0.25) is 4.79 Å². The number of likely N-dealkylation sites (tertiary alicyclic amines) is 1. The zero-order chi connectivity index (χ0) is 14.3. The summed E-state index contributed by atoms with van der Waals surface area (Å²) in [5.74, 6) is 0.649. The topological polar surface area (TPSA) is 58.4 Å². The lowest BCUT2D eigenvalue weighted by atomic mass is 9.96. The molecule has 4 heteroatoms. The molecule has 1 rings (SSSR count). The molecule has 0 saturated carbocycles. The Bertz CT molecular complexity index is 283. The zero-order valence-corrected chi connectivity index (χ0v) is 12.9. The summed E-state index contributed by atoms with van der Waals surface area (Å²) in [4.78, 5) is 14.0. The number of amides is 1. The Morgan fingerprint density at radius 1 is 1.42 bits per heavy atom. The number of rotatable bonds is 7. The maximum absolute atomic E-state index is 11.5. The zero-order valence-electron chi connectivity index (χ0n) is 12.9. The second kappa shape index (κ2) is 7.85. The Kier molecular flexibility index (Phi) is 6.80. The number of hydrogen-bond acceptors (Lipinski definition) is 3. The molecule has 1 heterocycles. The van der Waals surface area contributed by atoms with Crippen molar-refractivity contribution in [1.82, 2.24) is 10.2 Å². The van der Waals surface area contributed by atoms with Gasteiger partial charge in [0.2, 0.25) is 5.91 Å². The summed E-state index contributed by atoms with van der Waals surface area (Å²) in [6.45, 7) is 7.46. The van der Waals surface area contributed by atoms with Gasteiger partial charge in [-0.05, 0) is 58.7 Å². The Morgan fingerprint density at radius 2 is 2.16 bits per heavy atom. The fourth-order valence-electron chi connectivity index (χ4n) is 2.90. The molecule has 2 unspecified atom stereocenters. The molecular formula is C15H31N3O. The van der Waals surface area contributed by atoms with Crippen LogP contribution in [0, 0.1) is 5.92 Å². The number of hydrogen-bond donors (Lipinski definition) is 2. The maximum atomic E-state index is 11.5. The molecular weight excluding hydrogens is 238 g/mol. The van der Waals surface area contributed by atoms with Crippen molar-refractivity contribution in [3.8, 4) is 0 Å². The van der Waals surface area contributed by atoms with Crippen LogP contribution in [0.3, 0.4) is 0 Å². The lowest BCUT2D eigenvalue weighted by Gasteiger charge is -2.29. The highest BCUT2D eigenvalue weighted by atomic mass is 16.1. The minimum atomic E-state index is -0.574. The Morgan fingerprint density at radius 3 is 2.74 bits per heavy atom. The summed E-state index contributed by atoms with van der Waals surface area (Å²) in [7, 11) is 1.81. The standard InChI is InChI=1S/C15H31N3O/c1-4-6-13-7-5-10-18(11-8-13)12-9-15(2,17-3)14(16)19/h13,17H,4-12H2,1-3H3,(H2,16,19). The van der Waals surface area contributed by atoms with Crippen LogP contribution < -0.4 is 11.1 Å². The number of likely N-dealkylation sites (N-methyl/N-ethyl adjacent to an activating group) is 1. The largest absolute Gasteiger partial charge is 0.368 e. The van der Waals surface area contributed by atoms with Crippen LogP contribution in [0.4, 0.5) is 0 Å². The molecule has 0 radical (unpaired) electrons. The van der Waals surface area contributed by atoms with Crippen LogP contribution in [0.15, 0.2) is 0 Å².